The molecule has 0 N–H and O–H groups in total. The van der Waals surface area contributed by atoms with E-state index in [1.54, 1.807) is 0 Å². The van der Waals surface area contributed by atoms with Gasteiger partial charge in [0.25, 0.3) is 11.7 Å². The predicted octanol–water partition coefficient (Wildman–Crippen LogP) is 2.45. The SMILES string of the molecule is O=C(Cl)c1c(C(F)F)cnc([N+](=O)[O-])c1F. The number of nitrogens with zero attached hydrogens (tertiary/aromatic N) is 2. The maximum absolute atomic E-state index is 13.3. The first kappa shape index (κ1) is 12.4. The molecule has 0 amide bonds. The molecule has 1 rings (SSSR count). The molecule has 0 aliphatic rings. The van der Waals surface area contributed by atoms with E-state index >= 15 is 0 Å². The minimum absolute atomic E-state index is 0.349. The summed E-state index contributed by atoms with van der Waals surface area (Å²) in [5.74, 6) is -3.09. The molecule has 16 heavy (non-hydrogen) atoms. The van der Waals surface area contributed by atoms with Gasteiger partial charge in [-0.05, 0) is 21.5 Å². The number of halogens is 4. The van der Waals surface area contributed by atoms with Crippen molar-refractivity contribution in [1.29, 1.82) is 0 Å². The van der Waals surface area contributed by atoms with Gasteiger partial charge in [-0.1, -0.05) is 0 Å². The Morgan fingerprint density at radius 1 is 1.56 bits per heavy atom. The summed E-state index contributed by atoms with van der Waals surface area (Å²) in [5.41, 5.74) is -2.30. The second-order valence-electron chi connectivity index (χ2n) is 2.56. The zero-order chi connectivity index (χ0) is 12.5. The molecule has 0 aliphatic carbocycles. The Morgan fingerprint density at radius 2 is 2.12 bits per heavy atom. The Hall–Kier alpha value is -1.70. The molecule has 0 aromatic carbocycles. The van der Waals surface area contributed by atoms with Gasteiger partial charge < -0.3 is 10.1 Å². The summed E-state index contributed by atoms with van der Waals surface area (Å²) in [6, 6.07) is 0. The fourth-order valence-electron chi connectivity index (χ4n) is 0.983. The van der Waals surface area contributed by atoms with Crippen molar-refractivity contribution in [3.8, 4) is 0 Å². The zero-order valence-corrected chi connectivity index (χ0v) is 8.04. The summed E-state index contributed by atoms with van der Waals surface area (Å²) < 4.78 is 37.9. The fraction of sp³-hybridized carbons (Fsp3) is 0.143. The van der Waals surface area contributed by atoms with Crippen molar-refractivity contribution in [3.63, 3.8) is 0 Å². The minimum Gasteiger partial charge on any atom is -0.358 e. The third kappa shape index (κ3) is 2.11. The van der Waals surface area contributed by atoms with Crippen molar-refractivity contribution in [3.05, 3.63) is 33.3 Å². The normalized spacial score (nSPS) is 10.6. The quantitative estimate of drug-likeness (QED) is 0.472. The van der Waals surface area contributed by atoms with Gasteiger partial charge in [-0.3, -0.25) is 4.79 Å². The highest BCUT2D eigenvalue weighted by Crippen LogP contribution is 2.29. The minimum atomic E-state index is -3.21. The lowest BCUT2D eigenvalue weighted by Crippen LogP contribution is -2.07. The second kappa shape index (κ2) is 4.44. The molecule has 0 bridgehead atoms. The molecule has 86 valence electrons. The number of nitro groups is 1. The van der Waals surface area contributed by atoms with E-state index < -0.39 is 39.4 Å². The maximum atomic E-state index is 13.3. The Balaban J connectivity index is 3.54. The van der Waals surface area contributed by atoms with Gasteiger partial charge in [0.1, 0.15) is 6.20 Å². The predicted molar refractivity (Wildman–Crippen MR) is 46.0 cm³/mol. The average molecular weight is 255 g/mol. The van der Waals surface area contributed by atoms with Crippen molar-refractivity contribution in [2.45, 2.75) is 6.43 Å². The van der Waals surface area contributed by atoms with Gasteiger partial charge in [0.05, 0.1) is 11.1 Å². The third-order valence-electron chi connectivity index (χ3n) is 1.63. The first-order valence-corrected chi connectivity index (χ1v) is 4.04. The topological polar surface area (TPSA) is 73.1 Å². The van der Waals surface area contributed by atoms with Crippen LogP contribution in [0.2, 0.25) is 0 Å². The number of carbonyl (C=O) groups excluding carboxylic acids is 1. The first-order valence-electron chi connectivity index (χ1n) is 3.67. The van der Waals surface area contributed by atoms with Gasteiger partial charge in [-0.15, -0.1) is 0 Å². The monoisotopic (exact) mass is 254 g/mol. The Labute approximate surface area is 91.0 Å². The van der Waals surface area contributed by atoms with E-state index in [0.717, 1.165) is 0 Å². The van der Waals surface area contributed by atoms with Gasteiger partial charge in [-0.25, -0.2) is 8.78 Å². The van der Waals surface area contributed by atoms with Crippen LogP contribution in [0.25, 0.3) is 0 Å². The van der Waals surface area contributed by atoms with Crippen molar-refractivity contribution in [2.24, 2.45) is 0 Å². The lowest BCUT2D eigenvalue weighted by Gasteiger charge is -2.03. The first-order chi connectivity index (χ1) is 7.36. The molecule has 0 radical (unpaired) electrons. The molecule has 0 aliphatic heterocycles. The molecule has 0 saturated carbocycles. The smallest absolute Gasteiger partial charge is 0.358 e. The molecule has 0 atom stereocenters. The molecule has 0 spiro atoms. The molecule has 5 nitrogen and oxygen atoms in total. The lowest BCUT2D eigenvalue weighted by atomic mass is 10.1. The van der Waals surface area contributed by atoms with E-state index in [0.29, 0.717) is 6.20 Å². The maximum Gasteiger partial charge on any atom is 0.400 e. The molecule has 1 aromatic rings. The Bertz CT molecular complexity index is 466. The van der Waals surface area contributed by atoms with Crippen LogP contribution < -0.4 is 0 Å². The van der Waals surface area contributed by atoms with Gasteiger partial charge in [0.15, 0.2) is 0 Å². The summed E-state index contributed by atoms with van der Waals surface area (Å²) in [6.45, 7) is 0. The molecule has 1 heterocycles. The van der Waals surface area contributed by atoms with Crippen LogP contribution in [0.15, 0.2) is 6.20 Å². The van der Waals surface area contributed by atoms with Crippen LogP contribution in [-0.4, -0.2) is 15.1 Å². The highest BCUT2D eigenvalue weighted by Gasteiger charge is 2.30. The summed E-state index contributed by atoms with van der Waals surface area (Å²) in [7, 11) is 0. The number of alkyl halides is 2. The van der Waals surface area contributed by atoms with Crippen LogP contribution in [0.1, 0.15) is 22.3 Å². The highest BCUT2D eigenvalue weighted by atomic mass is 35.5. The number of aromatic nitrogens is 1. The van der Waals surface area contributed by atoms with E-state index in [4.69, 9.17) is 11.6 Å². The standard InChI is InChI=1S/C7H2ClF3N2O3/c8-5(14)3-2(6(10)11)1-12-7(4(3)9)13(15)16/h1,6H. The third-order valence-corrected chi connectivity index (χ3v) is 1.82. The van der Waals surface area contributed by atoms with Crippen LogP contribution in [0, 0.1) is 15.9 Å². The average Bonchev–Trinajstić information content (AvgIpc) is 2.15. The van der Waals surface area contributed by atoms with E-state index in [1.807, 2.05) is 0 Å². The molecular formula is C7H2ClF3N2O3. The summed E-state index contributed by atoms with van der Waals surface area (Å²) in [6.07, 6.45) is -2.86. The van der Waals surface area contributed by atoms with Crippen molar-refractivity contribution >= 4 is 22.7 Å². The van der Waals surface area contributed by atoms with Crippen LogP contribution in [-0.2, 0) is 0 Å². The molecule has 9 heteroatoms. The van der Waals surface area contributed by atoms with E-state index in [1.165, 1.54) is 0 Å². The van der Waals surface area contributed by atoms with Crippen LogP contribution in [0.4, 0.5) is 19.0 Å². The Kier molecular flexibility index (Phi) is 3.43. The van der Waals surface area contributed by atoms with Crippen molar-refractivity contribution in [1.82, 2.24) is 4.98 Å². The largest absolute Gasteiger partial charge is 0.400 e. The fourth-order valence-corrected chi connectivity index (χ4v) is 1.18. The van der Waals surface area contributed by atoms with E-state index in [-0.39, 0.29) is 0 Å². The number of hydrogen-bond acceptors (Lipinski definition) is 4. The summed E-state index contributed by atoms with van der Waals surface area (Å²) in [5, 5.41) is 8.70. The second-order valence-corrected chi connectivity index (χ2v) is 2.90. The summed E-state index contributed by atoms with van der Waals surface area (Å²) >= 11 is 4.87. The summed E-state index contributed by atoms with van der Waals surface area (Å²) in [4.78, 5) is 22.6. The Morgan fingerprint density at radius 3 is 2.50 bits per heavy atom. The highest BCUT2D eigenvalue weighted by molar-refractivity contribution is 6.68. The number of rotatable bonds is 3. The van der Waals surface area contributed by atoms with Crippen LogP contribution >= 0.6 is 11.6 Å². The number of carbonyl (C=O) groups is 1. The molecule has 0 fully saturated rings. The molecule has 1 aromatic heterocycles. The van der Waals surface area contributed by atoms with E-state index in [2.05, 4.69) is 4.98 Å². The van der Waals surface area contributed by atoms with Crippen molar-refractivity contribution in [2.75, 3.05) is 0 Å². The zero-order valence-electron chi connectivity index (χ0n) is 7.29. The van der Waals surface area contributed by atoms with Crippen molar-refractivity contribution < 1.29 is 22.9 Å². The van der Waals surface area contributed by atoms with Gasteiger partial charge in [0.2, 0.25) is 5.82 Å². The van der Waals surface area contributed by atoms with Crippen LogP contribution in [0.3, 0.4) is 0 Å². The number of pyridine rings is 1. The van der Waals surface area contributed by atoms with E-state index in [9.17, 15) is 28.1 Å². The number of hydrogen-bond donors (Lipinski definition) is 0. The molecule has 0 unspecified atom stereocenters. The van der Waals surface area contributed by atoms with Gasteiger partial charge >= 0.3 is 5.82 Å². The van der Waals surface area contributed by atoms with Crippen LogP contribution in [0.5, 0.6) is 0 Å². The molecular weight excluding hydrogens is 253 g/mol. The van der Waals surface area contributed by atoms with Gasteiger partial charge in [0, 0.05) is 0 Å². The molecule has 0 saturated heterocycles. The lowest BCUT2D eigenvalue weighted by molar-refractivity contribution is -0.392. The van der Waals surface area contributed by atoms with Gasteiger partial charge in [-0.2, -0.15) is 4.39 Å².